The molecule has 0 aliphatic rings. The number of aromatic nitrogens is 4. The van der Waals surface area contributed by atoms with Crippen LogP contribution in [-0.2, 0) is 0 Å². The van der Waals surface area contributed by atoms with Crippen LogP contribution in [0.2, 0.25) is 0 Å². The molecule has 1 radical (unpaired) electrons. The van der Waals surface area contributed by atoms with Gasteiger partial charge in [0.15, 0.2) is 11.6 Å². The lowest BCUT2D eigenvalue weighted by atomic mass is 9.98. The number of hydrogen-bond donors (Lipinski definition) is 0. The summed E-state index contributed by atoms with van der Waals surface area (Å²) in [6, 6.07) is 19.9. The van der Waals surface area contributed by atoms with E-state index in [0.29, 0.717) is 11.6 Å². The highest BCUT2D eigenvalue weighted by molar-refractivity contribution is 5.82. The molecule has 0 spiro atoms. The Morgan fingerprint density at radius 2 is 1.42 bits per heavy atom. The Morgan fingerprint density at radius 3 is 2.17 bits per heavy atom. The highest BCUT2D eigenvalue weighted by Gasteiger charge is 2.13. The maximum Gasteiger partial charge on any atom is 0.160 e. The standard InChI is InChI=1S/C20H13N4/c1-2-6-15(7-3-1)16-8-9-17(19-21-10-4-11-22-19)18(14-16)20-23-12-5-13-24-20/h1-12,14H. The third-order valence-electron chi connectivity index (χ3n) is 3.69. The van der Waals surface area contributed by atoms with Crippen LogP contribution in [0.15, 0.2) is 79.3 Å². The lowest BCUT2D eigenvalue weighted by Crippen LogP contribution is -1.95. The van der Waals surface area contributed by atoms with Gasteiger partial charge in [0.05, 0.1) is 6.20 Å². The van der Waals surface area contributed by atoms with E-state index >= 15 is 0 Å². The Bertz CT molecular complexity index is 939. The minimum absolute atomic E-state index is 0.609. The molecule has 0 N–H and O–H groups in total. The first kappa shape index (κ1) is 14.2. The van der Waals surface area contributed by atoms with Gasteiger partial charge in [-0.15, -0.1) is 0 Å². The van der Waals surface area contributed by atoms with Crippen LogP contribution in [0.1, 0.15) is 0 Å². The summed E-state index contributed by atoms with van der Waals surface area (Å²) in [5.74, 6) is 1.26. The van der Waals surface area contributed by atoms with Crippen LogP contribution in [0.4, 0.5) is 0 Å². The summed E-state index contributed by atoms with van der Waals surface area (Å²) in [6.07, 6.45) is 7.99. The zero-order valence-electron chi connectivity index (χ0n) is 12.8. The summed E-state index contributed by atoms with van der Waals surface area (Å²) in [5, 5.41) is 0. The molecule has 0 amide bonds. The molecule has 4 nitrogen and oxygen atoms in total. The first-order chi connectivity index (χ1) is 11.9. The molecule has 4 rings (SSSR count). The lowest BCUT2D eigenvalue weighted by molar-refractivity contribution is 1.15. The van der Waals surface area contributed by atoms with E-state index in [-0.39, 0.29) is 0 Å². The van der Waals surface area contributed by atoms with Crippen molar-refractivity contribution in [3.63, 3.8) is 0 Å². The van der Waals surface area contributed by atoms with E-state index in [0.717, 1.165) is 22.3 Å². The first-order valence-corrected chi connectivity index (χ1v) is 7.58. The Labute approximate surface area is 139 Å². The molecule has 4 heteroatoms. The molecule has 0 fully saturated rings. The van der Waals surface area contributed by atoms with Crippen LogP contribution < -0.4 is 0 Å². The van der Waals surface area contributed by atoms with E-state index in [4.69, 9.17) is 0 Å². The van der Waals surface area contributed by atoms with Gasteiger partial charge in [0.2, 0.25) is 0 Å². The van der Waals surface area contributed by atoms with E-state index in [1.807, 2.05) is 24.3 Å². The third kappa shape index (κ3) is 2.77. The number of hydrogen-bond acceptors (Lipinski definition) is 4. The van der Waals surface area contributed by atoms with Crippen molar-refractivity contribution in [2.75, 3.05) is 0 Å². The lowest BCUT2D eigenvalue weighted by Gasteiger charge is -2.10. The van der Waals surface area contributed by atoms with Gasteiger partial charge >= 0.3 is 0 Å². The molecule has 0 bridgehead atoms. The molecule has 0 unspecified atom stereocenters. The zero-order chi connectivity index (χ0) is 16.2. The number of rotatable bonds is 3. The molecule has 0 atom stereocenters. The zero-order valence-corrected chi connectivity index (χ0v) is 12.8. The summed E-state index contributed by atoms with van der Waals surface area (Å²) in [5.41, 5.74) is 4.02. The molecule has 2 aromatic carbocycles. The van der Waals surface area contributed by atoms with Gasteiger partial charge in [0.1, 0.15) is 0 Å². The fourth-order valence-electron chi connectivity index (χ4n) is 2.57. The Hall–Kier alpha value is -3.40. The van der Waals surface area contributed by atoms with Gasteiger partial charge in [-0.05, 0) is 35.4 Å². The molecule has 24 heavy (non-hydrogen) atoms. The molecule has 0 saturated carbocycles. The Kier molecular flexibility index (Phi) is 3.78. The second-order valence-electron chi connectivity index (χ2n) is 5.21. The summed E-state index contributed by atoms with van der Waals surface area (Å²) >= 11 is 0. The largest absolute Gasteiger partial charge is 0.237 e. The molecule has 0 saturated heterocycles. The maximum atomic E-state index is 4.37. The van der Waals surface area contributed by atoms with E-state index in [9.17, 15) is 0 Å². The number of nitrogens with zero attached hydrogens (tertiary/aromatic N) is 4. The predicted octanol–water partition coefficient (Wildman–Crippen LogP) is 4.07. The fraction of sp³-hybridized carbons (Fsp3) is 0. The maximum absolute atomic E-state index is 4.37. The molecule has 113 valence electrons. The summed E-state index contributed by atoms with van der Waals surface area (Å²) in [6.45, 7) is 0. The molecule has 0 aliphatic heterocycles. The minimum atomic E-state index is 0.609. The van der Waals surface area contributed by atoms with Gasteiger partial charge in [0, 0.05) is 29.7 Å². The van der Waals surface area contributed by atoms with Crippen LogP contribution in [0, 0.1) is 6.20 Å². The van der Waals surface area contributed by atoms with Crippen molar-refractivity contribution >= 4 is 0 Å². The highest BCUT2D eigenvalue weighted by Crippen LogP contribution is 2.32. The first-order valence-electron chi connectivity index (χ1n) is 7.58. The average Bonchev–Trinajstić information content (AvgIpc) is 2.69. The van der Waals surface area contributed by atoms with Gasteiger partial charge in [-0.2, -0.15) is 0 Å². The van der Waals surface area contributed by atoms with Crippen LogP contribution in [-0.4, -0.2) is 19.9 Å². The topological polar surface area (TPSA) is 51.6 Å². The van der Waals surface area contributed by atoms with E-state index < -0.39 is 0 Å². The normalized spacial score (nSPS) is 10.5. The van der Waals surface area contributed by atoms with E-state index in [1.54, 1.807) is 30.7 Å². The van der Waals surface area contributed by atoms with Crippen molar-refractivity contribution in [3.8, 4) is 33.9 Å². The van der Waals surface area contributed by atoms with Crippen molar-refractivity contribution in [3.05, 3.63) is 85.5 Å². The molecule has 4 aromatic rings. The van der Waals surface area contributed by atoms with Crippen LogP contribution in [0.25, 0.3) is 33.9 Å². The minimum Gasteiger partial charge on any atom is -0.237 e. The summed E-state index contributed by atoms with van der Waals surface area (Å²) in [7, 11) is 0. The van der Waals surface area contributed by atoms with Crippen LogP contribution in [0.5, 0.6) is 0 Å². The second-order valence-corrected chi connectivity index (χ2v) is 5.21. The molecule has 0 aliphatic carbocycles. The van der Waals surface area contributed by atoms with Gasteiger partial charge in [0.25, 0.3) is 0 Å². The molecule has 2 heterocycles. The van der Waals surface area contributed by atoms with Crippen molar-refractivity contribution in [1.82, 2.24) is 19.9 Å². The van der Waals surface area contributed by atoms with Crippen molar-refractivity contribution < 1.29 is 0 Å². The van der Waals surface area contributed by atoms with Gasteiger partial charge in [-0.3, -0.25) is 0 Å². The van der Waals surface area contributed by atoms with Crippen molar-refractivity contribution in [2.24, 2.45) is 0 Å². The Balaban J connectivity index is 1.92. The Morgan fingerprint density at radius 1 is 0.625 bits per heavy atom. The van der Waals surface area contributed by atoms with Gasteiger partial charge in [-0.25, -0.2) is 19.9 Å². The molecular formula is C20H13N4. The predicted molar refractivity (Wildman–Crippen MR) is 92.8 cm³/mol. The average molecular weight is 309 g/mol. The quantitative estimate of drug-likeness (QED) is 0.572. The van der Waals surface area contributed by atoms with E-state index in [1.165, 1.54) is 0 Å². The smallest absolute Gasteiger partial charge is 0.160 e. The van der Waals surface area contributed by atoms with Gasteiger partial charge in [-0.1, -0.05) is 36.4 Å². The highest BCUT2D eigenvalue weighted by atomic mass is 14.9. The third-order valence-corrected chi connectivity index (χ3v) is 3.69. The SMILES string of the molecule is [c]1ccnc(-c2cc(-c3ccccc3)ccc2-c2ncccn2)n1. The monoisotopic (exact) mass is 309 g/mol. The summed E-state index contributed by atoms with van der Waals surface area (Å²) in [4.78, 5) is 17.4. The van der Waals surface area contributed by atoms with Crippen molar-refractivity contribution in [1.29, 1.82) is 0 Å². The second kappa shape index (κ2) is 6.38. The number of benzene rings is 2. The van der Waals surface area contributed by atoms with Gasteiger partial charge < -0.3 is 0 Å². The van der Waals surface area contributed by atoms with Crippen LogP contribution in [0.3, 0.4) is 0 Å². The van der Waals surface area contributed by atoms with Crippen molar-refractivity contribution in [2.45, 2.75) is 0 Å². The molecule has 2 aromatic heterocycles. The summed E-state index contributed by atoms with van der Waals surface area (Å²) < 4.78 is 0. The van der Waals surface area contributed by atoms with Crippen LogP contribution >= 0.6 is 0 Å². The van der Waals surface area contributed by atoms with E-state index in [2.05, 4.69) is 50.4 Å². The molecular weight excluding hydrogens is 296 g/mol. The fourth-order valence-corrected chi connectivity index (χ4v) is 2.57.